The van der Waals surface area contributed by atoms with E-state index in [1.54, 1.807) is 0 Å². The first-order valence-corrected chi connectivity index (χ1v) is 6.76. The summed E-state index contributed by atoms with van der Waals surface area (Å²) in [4.78, 5) is 2.52. The van der Waals surface area contributed by atoms with Gasteiger partial charge in [0.1, 0.15) is 0 Å². The van der Waals surface area contributed by atoms with Gasteiger partial charge in [-0.05, 0) is 43.9 Å². The average molecular weight is 232 g/mol. The normalized spacial score (nSPS) is 16.2. The van der Waals surface area contributed by atoms with Crippen molar-refractivity contribution in [3.63, 3.8) is 0 Å². The predicted octanol–water partition coefficient (Wildman–Crippen LogP) is 3.20. The number of nitrogens with two attached hydrogens (primary N) is 1. The van der Waals surface area contributed by atoms with E-state index < -0.39 is 0 Å². The fourth-order valence-electron chi connectivity index (χ4n) is 2.46. The SMILES string of the molecule is CCN(Cc1cc(C)ccc1N)CC1CCC1. The van der Waals surface area contributed by atoms with Crippen LogP contribution in [0.25, 0.3) is 0 Å². The lowest BCUT2D eigenvalue weighted by Crippen LogP contribution is -2.32. The smallest absolute Gasteiger partial charge is 0.0359 e. The molecule has 1 saturated carbocycles. The zero-order chi connectivity index (χ0) is 12.3. The second-order valence-electron chi connectivity index (χ2n) is 5.33. The largest absolute Gasteiger partial charge is 0.398 e. The lowest BCUT2D eigenvalue weighted by Gasteiger charge is -2.32. The van der Waals surface area contributed by atoms with Crippen LogP contribution in [0.1, 0.15) is 37.3 Å². The van der Waals surface area contributed by atoms with Crippen LogP contribution in [0.4, 0.5) is 5.69 Å². The molecule has 0 radical (unpaired) electrons. The Hall–Kier alpha value is -1.02. The first kappa shape index (κ1) is 12.4. The molecule has 0 atom stereocenters. The highest BCUT2D eigenvalue weighted by molar-refractivity contribution is 5.48. The van der Waals surface area contributed by atoms with Crippen LogP contribution in [0.15, 0.2) is 18.2 Å². The number of rotatable bonds is 5. The van der Waals surface area contributed by atoms with E-state index >= 15 is 0 Å². The van der Waals surface area contributed by atoms with E-state index in [-0.39, 0.29) is 0 Å². The molecule has 0 aromatic heterocycles. The predicted molar refractivity (Wildman–Crippen MR) is 73.9 cm³/mol. The van der Waals surface area contributed by atoms with E-state index in [0.29, 0.717) is 0 Å². The van der Waals surface area contributed by atoms with Crippen LogP contribution in [0.2, 0.25) is 0 Å². The zero-order valence-electron chi connectivity index (χ0n) is 11.1. The Balaban J connectivity index is 1.98. The number of aryl methyl sites for hydroxylation is 1. The molecule has 1 aromatic rings. The molecule has 0 bridgehead atoms. The van der Waals surface area contributed by atoms with Crippen LogP contribution in [0.3, 0.4) is 0 Å². The summed E-state index contributed by atoms with van der Waals surface area (Å²) in [5, 5.41) is 0. The Bertz CT molecular complexity index is 369. The Morgan fingerprint density at radius 2 is 2.12 bits per heavy atom. The van der Waals surface area contributed by atoms with E-state index in [1.807, 2.05) is 6.07 Å². The highest BCUT2D eigenvalue weighted by Gasteiger charge is 2.20. The number of nitrogen functional groups attached to an aromatic ring is 1. The third-order valence-corrected chi connectivity index (χ3v) is 3.88. The number of nitrogens with zero attached hydrogens (tertiary/aromatic N) is 1. The van der Waals surface area contributed by atoms with Gasteiger partial charge in [0.25, 0.3) is 0 Å². The van der Waals surface area contributed by atoms with Gasteiger partial charge in [0.2, 0.25) is 0 Å². The van der Waals surface area contributed by atoms with E-state index in [0.717, 1.165) is 24.7 Å². The molecule has 1 aromatic carbocycles. The van der Waals surface area contributed by atoms with E-state index in [2.05, 4.69) is 30.9 Å². The van der Waals surface area contributed by atoms with Crippen molar-refractivity contribution in [1.29, 1.82) is 0 Å². The van der Waals surface area contributed by atoms with Gasteiger partial charge in [-0.2, -0.15) is 0 Å². The summed E-state index contributed by atoms with van der Waals surface area (Å²) in [5.74, 6) is 0.931. The zero-order valence-corrected chi connectivity index (χ0v) is 11.1. The maximum Gasteiger partial charge on any atom is 0.0359 e. The van der Waals surface area contributed by atoms with Gasteiger partial charge in [-0.1, -0.05) is 31.0 Å². The van der Waals surface area contributed by atoms with E-state index in [9.17, 15) is 0 Å². The number of hydrogen-bond donors (Lipinski definition) is 1. The fourth-order valence-corrected chi connectivity index (χ4v) is 2.46. The first-order chi connectivity index (χ1) is 8.19. The summed E-state index contributed by atoms with van der Waals surface area (Å²) >= 11 is 0. The summed E-state index contributed by atoms with van der Waals surface area (Å²) in [6, 6.07) is 6.33. The minimum atomic E-state index is 0.931. The van der Waals surface area contributed by atoms with E-state index in [1.165, 1.54) is 36.9 Å². The van der Waals surface area contributed by atoms with Crippen molar-refractivity contribution in [2.45, 2.75) is 39.7 Å². The average Bonchev–Trinajstić information content (AvgIpc) is 2.26. The molecule has 0 unspecified atom stereocenters. The maximum absolute atomic E-state index is 6.04. The maximum atomic E-state index is 6.04. The van der Waals surface area contributed by atoms with Crippen molar-refractivity contribution in [1.82, 2.24) is 4.90 Å². The van der Waals surface area contributed by atoms with Gasteiger partial charge < -0.3 is 5.73 Å². The van der Waals surface area contributed by atoms with Crippen molar-refractivity contribution in [3.8, 4) is 0 Å². The molecule has 94 valence electrons. The monoisotopic (exact) mass is 232 g/mol. The molecule has 2 rings (SSSR count). The highest BCUT2D eigenvalue weighted by atomic mass is 15.1. The molecular weight excluding hydrogens is 208 g/mol. The summed E-state index contributed by atoms with van der Waals surface area (Å²) in [5.41, 5.74) is 9.56. The molecule has 0 heterocycles. The van der Waals surface area contributed by atoms with Crippen LogP contribution >= 0.6 is 0 Å². The minimum absolute atomic E-state index is 0.931. The van der Waals surface area contributed by atoms with Crippen LogP contribution in [0, 0.1) is 12.8 Å². The van der Waals surface area contributed by atoms with E-state index in [4.69, 9.17) is 5.73 Å². The van der Waals surface area contributed by atoms with Gasteiger partial charge in [-0.15, -0.1) is 0 Å². The van der Waals surface area contributed by atoms with Crippen molar-refractivity contribution in [3.05, 3.63) is 29.3 Å². The minimum Gasteiger partial charge on any atom is -0.398 e. The molecule has 0 aliphatic heterocycles. The highest BCUT2D eigenvalue weighted by Crippen LogP contribution is 2.28. The molecule has 17 heavy (non-hydrogen) atoms. The second kappa shape index (κ2) is 5.54. The summed E-state index contributed by atoms with van der Waals surface area (Å²) in [7, 11) is 0. The van der Waals surface area contributed by atoms with Crippen molar-refractivity contribution >= 4 is 5.69 Å². The molecule has 0 amide bonds. The second-order valence-corrected chi connectivity index (χ2v) is 5.33. The van der Waals surface area contributed by atoms with Gasteiger partial charge >= 0.3 is 0 Å². The summed E-state index contributed by atoms with van der Waals surface area (Å²) in [6.45, 7) is 7.73. The van der Waals surface area contributed by atoms with Crippen molar-refractivity contribution in [2.24, 2.45) is 5.92 Å². The van der Waals surface area contributed by atoms with Crippen LogP contribution in [-0.4, -0.2) is 18.0 Å². The molecule has 2 heteroatoms. The molecule has 2 nitrogen and oxygen atoms in total. The molecule has 1 aliphatic rings. The lowest BCUT2D eigenvalue weighted by atomic mass is 9.85. The Morgan fingerprint density at radius 1 is 1.35 bits per heavy atom. The van der Waals surface area contributed by atoms with Crippen LogP contribution in [-0.2, 0) is 6.54 Å². The molecule has 0 spiro atoms. The quantitative estimate of drug-likeness (QED) is 0.790. The number of anilines is 1. The Labute approximate surface area is 105 Å². The lowest BCUT2D eigenvalue weighted by molar-refractivity contribution is 0.178. The molecule has 1 aliphatic carbocycles. The molecular formula is C15H24N2. The Morgan fingerprint density at radius 3 is 2.71 bits per heavy atom. The van der Waals surface area contributed by atoms with Crippen molar-refractivity contribution in [2.75, 3.05) is 18.8 Å². The Kier molecular flexibility index (Phi) is 4.06. The third kappa shape index (κ3) is 3.22. The van der Waals surface area contributed by atoms with Gasteiger partial charge in [0.05, 0.1) is 0 Å². The van der Waals surface area contributed by atoms with Gasteiger partial charge in [-0.25, -0.2) is 0 Å². The molecule has 2 N–H and O–H groups in total. The van der Waals surface area contributed by atoms with Crippen molar-refractivity contribution < 1.29 is 0 Å². The van der Waals surface area contributed by atoms with Gasteiger partial charge in [0.15, 0.2) is 0 Å². The molecule has 0 saturated heterocycles. The fraction of sp³-hybridized carbons (Fsp3) is 0.600. The number of benzene rings is 1. The van der Waals surface area contributed by atoms with Gasteiger partial charge in [0, 0.05) is 18.8 Å². The van der Waals surface area contributed by atoms with Crippen LogP contribution < -0.4 is 5.73 Å². The first-order valence-electron chi connectivity index (χ1n) is 6.76. The van der Waals surface area contributed by atoms with Gasteiger partial charge in [-0.3, -0.25) is 4.90 Å². The molecule has 1 fully saturated rings. The topological polar surface area (TPSA) is 29.3 Å². The number of hydrogen-bond acceptors (Lipinski definition) is 2. The summed E-state index contributed by atoms with van der Waals surface area (Å²) < 4.78 is 0. The standard InChI is InChI=1S/C15H24N2/c1-3-17(10-13-5-4-6-13)11-14-9-12(2)7-8-15(14)16/h7-9,13H,3-6,10-11,16H2,1-2H3. The summed E-state index contributed by atoms with van der Waals surface area (Å²) in [6.07, 6.45) is 4.26. The van der Waals surface area contributed by atoms with Crippen LogP contribution in [0.5, 0.6) is 0 Å². The third-order valence-electron chi connectivity index (χ3n) is 3.88.